The number of aromatic nitrogens is 2. The largest absolute Gasteiger partial charge is 0.477 e. The van der Waals surface area contributed by atoms with Crippen LogP contribution in [0.4, 0.5) is 24.8 Å². The van der Waals surface area contributed by atoms with Crippen molar-refractivity contribution in [2.24, 2.45) is 0 Å². The maximum atomic E-state index is 13.1. The summed E-state index contributed by atoms with van der Waals surface area (Å²) in [5.41, 5.74) is 0.985. The quantitative estimate of drug-likeness (QED) is 0.770. The predicted molar refractivity (Wildman–Crippen MR) is 86.7 cm³/mol. The summed E-state index contributed by atoms with van der Waals surface area (Å²) in [7, 11) is 0. The molecule has 0 saturated heterocycles. The second-order valence-corrected chi connectivity index (χ2v) is 5.05. The molecule has 0 atom stereocenters. The van der Waals surface area contributed by atoms with Gasteiger partial charge in [0, 0.05) is 18.4 Å². The van der Waals surface area contributed by atoms with Crippen LogP contribution in [0.15, 0.2) is 30.5 Å². The van der Waals surface area contributed by atoms with Crippen molar-refractivity contribution in [2.75, 3.05) is 18.1 Å². The monoisotopic (exact) mass is 339 g/mol. The maximum Gasteiger partial charge on any atom is 0.423 e. The Balaban J connectivity index is 2.51. The van der Waals surface area contributed by atoms with Gasteiger partial charge in [-0.25, -0.2) is 4.98 Å². The number of alkyl halides is 3. The number of nitrogens with zero attached hydrogens (tertiary/aromatic N) is 3. The number of ether oxygens (including phenoxy) is 1. The third kappa shape index (κ3) is 3.77. The summed E-state index contributed by atoms with van der Waals surface area (Å²) in [6.45, 7) is 6.15. The van der Waals surface area contributed by atoms with Crippen molar-refractivity contribution in [1.82, 2.24) is 9.97 Å². The first-order chi connectivity index (χ1) is 11.4. The highest BCUT2D eigenvalue weighted by atomic mass is 19.4. The Morgan fingerprint density at radius 2 is 1.83 bits per heavy atom. The van der Waals surface area contributed by atoms with Crippen molar-refractivity contribution in [3.8, 4) is 5.88 Å². The van der Waals surface area contributed by atoms with Crippen LogP contribution in [0.1, 0.15) is 31.9 Å². The molecule has 0 saturated carbocycles. The fraction of sp³-hybridized carbons (Fsp3) is 0.412. The normalized spacial score (nSPS) is 11.4. The number of anilines is 2. The van der Waals surface area contributed by atoms with Crippen LogP contribution in [0.5, 0.6) is 5.88 Å². The summed E-state index contributed by atoms with van der Waals surface area (Å²) < 4.78 is 44.3. The molecule has 0 unspecified atom stereocenters. The van der Waals surface area contributed by atoms with Crippen LogP contribution in [0.2, 0.25) is 0 Å². The molecule has 0 aliphatic rings. The lowest BCUT2D eigenvalue weighted by Crippen LogP contribution is -2.21. The zero-order valence-electron chi connectivity index (χ0n) is 13.9. The molecule has 1 heterocycles. The minimum Gasteiger partial charge on any atom is -0.477 e. The lowest BCUT2D eigenvalue weighted by Gasteiger charge is -2.24. The number of para-hydroxylation sites is 1. The van der Waals surface area contributed by atoms with Gasteiger partial charge in [0.2, 0.25) is 11.8 Å². The molecule has 4 nitrogen and oxygen atoms in total. The Hall–Kier alpha value is -2.31. The van der Waals surface area contributed by atoms with Crippen molar-refractivity contribution >= 4 is 11.6 Å². The lowest BCUT2D eigenvalue weighted by atomic mass is 10.1. The summed E-state index contributed by atoms with van der Waals surface area (Å²) in [4.78, 5) is 9.73. The molecule has 0 amide bonds. The van der Waals surface area contributed by atoms with E-state index in [0.717, 1.165) is 23.9 Å². The van der Waals surface area contributed by atoms with Crippen LogP contribution in [-0.2, 0) is 12.6 Å². The minimum absolute atomic E-state index is 0.0944. The van der Waals surface area contributed by atoms with Gasteiger partial charge in [0.1, 0.15) is 5.56 Å². The molecule has 0 radical (unpaired) electrons. The van der Waals surface area contributed by atoms with Gasteiger partial charge in [-0.15, -0.1) is 0 Å². The van der Waals surface area contributed by atoms with E-state index in [1.807, 2.05) is 38.1 Å². The highest BCUT2D eigenvalue weighted by Crippen LogP contribution is 2.36. The van der Waals surface area contributed by atoms with Crippen LogP contribution in [0, 0.1) is 0 Å². The fourth-order valence-corrected chi connectivity index (χ4v) is 2.42. The van der Waals surface area contributed by atoms with E-state index in [0.29, 0.717) is 6.54 Å². The van der Waals surface area contributed by atoms with Gasteiger partial charge in [-0.2, -0.15) is 18.2 Å². The Morgan fingerprint density at radius 1 is 1.12 bits per heavy atom. The molecule has 130 valence electrons. The van der Waals surface area contributed by atoms with E-state index >= 15 is 0 Å². The van der Waals surface area contributed by atoms with Gasteiger partial charge in [-0.05, 0) is 31.9 Å². The number of benzene rings is 1. The molecule has 1 aromatic heterocycles. The van der Waals surface area contributed by atoms with E-state index in [4.69, 9.17) is 4.74 Å². The summed E-state index contributed by atoms with van der Waals surface area (Å²) in [5, 5.41) is 0. The number of hydrogen-bond acceptors (Lipinski definition) is 4. The van der Waals surface area contributed by atoms with Crippen molar-refractivity contribution in [3.63, 3.8) is 0 Å². The van der Waals surface area contributed by atoms with Crippen LogP contribution in [0.3, 0.4) is 0 Å². The van der Waals surface area contributed by atoms with Crippen LogP contribution >= 0.6 is 0 Å². The van der Waals surface area contributed by atoms with Crippen molar-refractivity contribution in [3.05, 3.63) is 41.6 Å². The highest BCUT2D eigenvalue weighted by molar-refractivity contribution is 5.62. The summed E-state index contributed by atoms with van der Waals surface area (Å²) >= 11 is 0. The fourth-order valence-electron chi connectivity index (χ4n) is 2.42. The zero-order chi connectivity index (χ0) is 17.7. The van der Waals surface area contributed by atoms with Gasteiger partial charge in [-0.1, -0.05) is 25.1 Å². The molecule has 0 N–H and O–H groups in total. The van der Waals surface area contributed by atoms with Gasteiger partial charge < -0.3 is 9.64 Å². The molecule has 0 spiro atoms. The van der Waals surface area contributed by atoms with Crippen molar-refractivity contribution < 1.29 is 17.9 Å². The van der Waals surface area contributed by atoms with E-state index in [2.05, 4.69) is 9.97 Å². The number of hydrogen-bond donors (Lipinski definition) is 0. The predicted octanol–water partition coefficient (Wildman–Crippen LogP) is 4.61. The molecule has 0 aliphatic heterocycles. The molecule has 2 aromatic rings. The average Bonchev–Trinajstić information content (AvgIpc) is 2.55. The van der Waals surface area contributed by atoms with Gasteiger partial charge >= 0.3 is 6.18 Å². The third-order valence-corrected chi connectivity index (χ3v) is 3.55. The summed E-state index contributed by atoms with van der Waals surface area (Å²) in [5.74, 6) is -0.253. The molecular formula is C17H20F3N3O. The second kappa shape index (κ2) is 7.51. The Kier molecular flexibility index (Phi) is 5.64. The minimum atomic E-state index is -4.55. The Labute approximate surface area is 139 Å². The van der Waals surface area contributed by atoms with Gasteiger partial charge in [0.15, 0.2) is 0 Å². The summed E-state index contributed by atoms with van der Waals surface area (Å²) in [6, 6.07) is 7.69. The Bertz CT molecular complexity index is 689. The van der Waals surface area contributed by atoms with Crippen molar-refractivity contribution in [2.45, 2.75) is 33.4 Å². The third-order valence-electron chi connectivity index (χ3n) is 3.55. The molecule has 0 bridgehead atoms. The molecular weight excluding hydrogens is 319 g/mol. The topological polar surface area (TPSA) is 38.2 Å². The van der Waals surface area contributed by atoms with Gasteiger partial charge in [0.05, 0.1) is 6.61 Å². The van der Waals surface area contributed by atoms with Crippen molar-refractivity contribution in [1.29, 1.82) is 0 Å². The molecule has 24 heavy (non-hydrogen) atoms. The number of halogens is 3. The number of aryl methyl sites for hydroxylation is 1. The molecule has 1 aromatic carbocycles. The zero-order valence-corrected chi connectivity index (χ0v) is 13.9. The van der Waals surface area contributed by atoms with Crippen LogP contribution < -0.4 is 9.64 Å². The first-order valence-electron chi connectivity index (χ1n) is 7.84. The molecule has 7 heteroatoms. The van der Waals surface area contributed by atoms with E-state index in [-0.39, 0.29) is 12.6 Å². The molecule has 0 aliphatic carbocycles. The average molecular weight is 339 g/mol. The number of rotatable bonds is 6. The Morgan fingerprint density at radius 3 is 2.42 bits per heavy atom. The summed E-state index contributed by atoms with van der Waals surface area (Å²) in [6.07, 6.45) is -2.97. The first kappa shape index (κ1) is 18.0. The van der Waals surface area contributed by atoms with Crippen LogP contribution in [-0.4, -0.2) is 23.1 Å². The SMILES string of the molecule is CCOc1nc(N(CC)c2ccccc2CC)ncc1C(F)(F)F. The maximum absolute atomic E-state index is 13.1. The van der Waals surface area contributed by atoms with Gasteiger partial charge in [-0.3, -0.25) is 0 Å². The highest BCUT2D eigenvalue weighted by Gasteiger charge is 2.36. The lowest BCUT2D eigenvalue weighted by molar-refractivity contribution is -0.139. The van der Waals surface area contributed by atoms with E-state index in [1.165, 1.54) is 0 Å². The standard InChI is InChI=1S/C17H20F3N3O/c1-4-12-9-7-8-10-14(12)23(5-2)16-21-11-13(17(18,19)20)15(22-16)24-6-3/h7-11H,4-6H2,1-3H3. The van der Waals surface area contributed by atoms with Gasteiger partial charge in [0.25, 0.3) is 0 Å². The van der Waals surface area contributed by atoms with E-state index in [9.17, 15) is 13.2 Å². The van der Waals surface area contributed by atoms with E-state index in [1.54, 1.807) is 11.8 Å². The molecule has 0 fully saturated rings. The van der Waals surface area contributed by atoms with E-state index < -0.39 is 17.6 Å². The second-order valence-electron chi connectivity index (χ2n) is 5.05. The molecule has 2 rings (SSSR count). The van der Waals surface area contributed by atoms with Crippen LogP contribution in [0.25, 0.3) is 0 Å². The first-order valence-corrected chi connectivity index (χ1v) is 7.84. The smallest absolute Gasteiger partial charge is 0.423 e.